The number of aryl methyl sites for hydroxylation is 1. The van der Waals surface area contributed by atoms with Crippen LogP contribution in [0.5, 0.6) is 0 Å². The summed E-state index contributed by atoms with van der Waals surface area (Å²) in [5, 5.41) is 0.635. The van der Waals surface area contributed by atoms with Crippen LogP contribution in [0, 0.1) is 6.92 Å². The van der Waals surface area contributed by atoms with Crippen molar-refractivity contribution in [1.29, 1.82) is 0 Å². The Morgan fingerprint density at radius 2 is 2.03 bits per heavy atom. The van der Waals surface area contributed by atoms with E-state index in [-0.39, 0.29) is 17.6 Å². The summed E-state index contributed by atoms with van der Waals surface area (Å²) in [6.45, 7) is 6.61. The summed E-state index contributed by atoms with van der Waals surface area (Å²) in [7, 11) is 0. The summed E-state index contributed by atoms with van der Waals surface area (Å²) >= 11 is 6.03. The van der Waals surface area contributed by atoms with E-state index in [0.717, 1.165) is 35.2 Å². The highest BCUT2D eigenvalue weighted by Crippen LogP contribution is 2.32. The van der Waals surface area contributed by atoms with Gasteiger partial charge in [0.05, 0.1) is 0 Å². The summed E-state index contributed by atoms with van der Waals surface area (Å²) in [5.74, 6) is 0.830. The molecule has 0 bridgehead atoms. The van der Waals surface area contributed by atoms with E-state index in [1.54, 1.807) is 19.1 Å². The molecule has 0 atom stereocenters. The van der Waals surface area contributed by atoms with Crippen molar-refractivity contribution in [2.75, 3.05) is 13.1 Å². The molecule has 1 aromatic carbocycles. The molecular formula is C22H24ClN3O3. The molecule has 1 N–H and O–H groups in total. The summed E-state index contributed by atoms with van der Waals surface area (Å²) in [6, 6.07) is 5.42. The van der Waals surface area contributed by atoms with Crippen molar-refractivity contribution in [3.63, 3.8) is 0 Å². The first-order chi connectivity index (χ1) is 13.9. The van der Waals surface area contributed by atoms with E-state index in [0.29, 0.717) is 41.7 Å². The number of carbonyl (C=O) groups is 2. The highest BCUT2D eigenvalue weighted by Gasteiger charge is 2.30. The second kappa shape index (κ2) is 7.67. The van der Waals surface area contributed by atoms with Crippen LogP contribution in [-0.4, -0.2) is 39.6 Å². The van der Waals surface area contributed by atoms with E-state index in [1.165, 1.54) is 0 Å². The third-order valence-corrected chi connectivity index (χ3v) is 5.94. The minimum Gasteiger partial charge on any atom is -0.440 e. The first-order valence-electron chi connectivity index (χ1n) is 9.96. The number of rotatable bonds is 4. The van der Waals surface area contributed by atoms with Crippen LogP contribution in [0.15, 0.2) is 22.6 Å². The lowest BCUT2D eigenvalue weighted by atomic mass is 9.96. The summed E-state index contributed by atoms with van der Waals surface area (Å²) < 4.78 is 5.91. The van der Waals surface area contributed by atoms with Crippen molar-refractivity contribution in [3.8, 4) is 0 Å². The van der Waals surface area contributed by atoms with Gasteiger partial charge in [-0.1, -0.05) is 18.5 Å². The molecule has 0 saturated carbocycles. The maximum absolute atomic E-state index is 13.1. The third kappa shape index (κ3) is 3.57. The second-order valence-electron chi connectivity index (χ2n) is 7.62. The quantitative estimate of drug-likeness (QED) is 0.617. The molecule has 6 nitrogen and oxygen atoms in total. The first kappa shape index (κ1) is 19.7. The average molecular weight is 414 g/mol. The molecule has 0 unspecified atom stereocenters. The molecular weight excluding hydrogens is 390 g/mol. The van der Waals surface area contributed by atoms with Crippen LogP contribution in [0.2, 0.25) is 5.02 Å². The Labute approximate surface area is 174 Å². The van der Waals surface area contributed by atoms with E-state index in [4.69, 9.17) is 16.0 Å². The molecule has 1 fully saturated rings. The molecule has 2 aromatic heterocycles. The van der Waals surface area contributed by atoms with Gasteiger partial charge in [-0.2, -0.15) is 0 Å². The van der Waals surface area contributed by atoms with Gasteiger partial charge in [0.15, 0.2) is 17.3 Å². The molecule has 4 rings (SSSR count). The minimum absolute atomic E-state index is 0.00979. The SMILES string of the molecule is CCc1c(C(=O)N2CCC(c3nc4cc(Cl)ccc4o3)CC2)[nH]c(C)c1C(C)=O. The van der Waals surface area contributed by atoms with Gasteiger partial charge in [-0.15, -0.1) is 0 Å². The van der Waals surface area contributed by atoms with Crippen molar-refractivity contribution in [2.24, 2.45) is 0 Å². The lowest BCUT2D eigenvalue weighted by molar-refractivity contribution is 0.0700. The van der Waals surface area contributed by atoms with Gasteiger partial charge in [0.25, 0.3) is 5.91 Å². The Kier molecular flexibility index (Phi) is 5.21. The number of halogens is 1. The highest BCUT2D eigenvalue weighted by molar-refractivity contribution is 6.31. The van der Waals surface area contributed by atoms with Crippen molar-refractivity contribution in [2.45, 2.75) is 46.0 Å². The number of ketones is 1. The topological polar surface area (TPSA) is 79.2 Å². The Morgan fingerprint density at radius 1 is 1.31 bits per heavy atom. The van der Waals surface area contributed by atoms with Gasteiger partial charge < -0.3 is 14.3 Å². The zero-order chi connectivity index (χ0) is 20.7. The predicted molar refractivity (Wildman–Crippen MR) is 112 cm³/mol. The number of fused-ring (bicyclic) bond motifs is 1. The monoisotopic (exact) mass is 413 g/mol. The van der Waals surface area contributed by atoms with Crippen molar-refractivity contribution in [3.05, 3.63) is 51.6 Å². The molecule has 0 aliphatic carbocycles. The van der Waals surface area contributed by atoms with Gasteiger partial charge in [-0.05, 0) is 56.9 Å². The van der Waals surface area contributed by atoms with Crippen LogP contribution in [0.25, 0.3) is 11.1 Å². The number of aromatic nitrogens is 2. The molecule has 3 aromatic rings. The van der Waals surface area contributed by atoms with Gasteiger partial charge in [0, 0.05) is 35.3 Å². The number of nitrogens with zero attached hydrogens (tertiary/aromatic N) is 2. The summed E-state index contributed by atoms with van der Waals surface area (Å²) in [6.07, 6.45) is 2.21. The molecule has 1 aliphatic heterocycles. The average Bonchev–Trinajstić information content (AvgIpc) is 3.27. The van der Waals surface area contributed by atoms with Crippen molar-refractivity contribution in [1.82, 2.24) is 14.9 Å². The maximum Gasteiger partial charge on any atom is 0.270 e. The normalized spacial score (nSPS) is 15.2. The number of hydrogen-bond acceptors (Lipinski definition) is 4. The van der Waals surface area contributed by atoms with Crippen molar-refractivity contribution < 1.29 is 14.0 Å². The largest absolute Gasteiger partial charge is 0.440 e. The van der Waals surface area contributed by atoms with E-state index in [9.17, 15) is 9.59 Å². The zero-order valence-electron chi connectivity index (χ0n) is 16.8. The van der Waals surface area contributed by atoms with E-state index >= 15 is 0 Å². The van der Waals surface area contributed by atoms with Crippen LogP contribution in [0.1, 0.15) is 70.6 Å². The molecule has 1 saturated heterocycles. The molecule has 7 heteroatoms. The van der Waals surface area contributed by atoms with E-state index in [1.807, 2.05) is 24.8 Å². The molecule has 0 radical (unpaired) electrons. The number of hydrogen-bond donors (Lipinski definition) is 1. The number of H-pyrrole nitrogens is 1. The zero-order valence-corrected chi connectivity index (χ0v) is 17.6. The maximum atomic E-state index is 13.1. The number of benzene rings is 1. The smallest absolute Gasteiger partial charge is 0.270 e. The Morgan fingerprint density at radius 3 is 2.69 bits per heavy atom. The van der Waals surface area contributed by atoms with Gasteiger partial charge in [-0.3, -0.25) is 9.59 Å². The van der Waals surface area contributed by atoms with E-state index < -0.39 is 0 Å². The fourth-order valence-corrected chi connectivity index (χ4v) is 4.44. The number of nitrogens with one attached hydrogen (secondary N) is 1. The van der Waals surface area contributed by atoms with Crippen LogP contribution in [0.3, 0.4) is 0 Å². The lowest BCUT2D eigenvalue weighted by Gasteiger charge is -2.30. The molecule has 1 aliphatic rings. The number of carbonyl (C=O) groups excluding carboxylic acids is 2. The molecule has 29 heavy (non-hydrogen) atoms. The Hall–Kier alpha value is -2.60. The van der Waals surface area contributed by atoms with Gasteiger partial charge in [0.2, 0.25) is 0 Å². The number of oxazole rings is 1. The highest BCUT2D eigenvalue weighted by atomic mass is 35.5. The van der Waals surface area contributed by atoms with Gasteiger partial charge >= 0.3 is 0 Å². The van der Waals surface area contributed by atoms with Crippen LogP contribution < -0.4 is 0 Å². The van der Waals surface area contributed by atoms with Gasteiger partial charge in [-0.25, -0.2) is 4.98 Å². The molecule has 1 amide bonds. The van der Waals surface area contributed by atoms with Gasteiger partial charge in [0.1, 0.15) is 11.2 Å². The molecule has 152 valence electrons. The first-order valence-corrected chi connectivity index (χ1v) is 10.3. The standard InChI is InChI=1S/C22H24ClN3O3/c1-4-16-19(13(3)27)12(2)24-20(16)22(28)26-9-7-14(8-10-26)21-25-17-11-15(23)5-6-18(17)29-21/h5-6,11,14,24H,4,7-10H2,1-3H3. The third-order valence-electron chi connectivity index (χ3n) is 5.71. The Balaban J connectivity index is 1.50. The fraction of sp³-hybridized carbons (Fsp3) is 0.409. The summed E-state index contributed by atoms with van der Waals surface area (Å²) in [4.78, 5) is 34.7. The minimum atomic E-state index is -0.0414. The van der Waals surface area contributed by atoms with E-state index in [2.05, 4.69) is 9.97 Å². The van der Waals surface area contributed by atoms with Crippen molar-refractivity contribution >= 4 is 34.4 Å². The second-order valence-corrected chi connectivity index (χ2v) is 8.06. The number of amides is 1. The van der Waals surface area contributed by atoms with Crippen LogP contribution in [-0.2, 0) is 6.42 Å². The predicted octanol–water partition coefficient (Wildman–Crippen LogP) is 4.90. The Bertz CT molecular complexity index is 1090. The molecule has 0 spiro atoms. The van der Waals surface area contributed by atoms with Crippen LogP contribution in [0.4, 0.5) is 0 Å². The fourth-order valence-electron chi connectivity index (χ4n) is 4.27. The number of likely N-dealkylation sites (tertiary alicyclic amines) is 1. The lowest BCUT2D eigenvalue weighted by Crippen LogP contribution is -2.38. The molecule has 3 heterocycles. The van der Waals surface area contributed by atoms with Crippen LogP contribution >= 0.6 is 11.6 Å². The number of Topliss-reactive ketones (excluding diaryl/α,β-unsaturated/α-hetero) is 1. The summed E-state index contributed by atoms with van der Waals surface area (Å²) in [5.41, 5.74) is 4.27. The number of aromatic amines is 1. The number of piperidine rings is 1.